The highest BCUT2D eigenvalue weighted by atomic mass is 16.5. The van der Waals surface area contributed by atoms with E-state index in [1.54, 1.807) is 12.4 Å². The van der Waals surface area contributed by atoms with E-state index in [9.17, 15) is 4.79 Å². The second-order valence-corrected chi connectivity index (χ2v) is 11.4. The Morgan fingerprint density at radius 2 is 1.93 bits per heavy atom. The quantitative estimate of drug-likeness (QED) is 0.224. The van der Waals surface area contributed by atoms with Gasteiger partial charge >= 0.3 is 0 Å². The summed E-state index contributed by atoms with van der Waals surface area (Å²) in [5, 5.41) is 11.9. The summed E-state index contributed by atoms with van der Waals surface area (Å²) in [6.45, 7) is 6.23. The van der Waals surface area contributed by atoms with E-state index in [2.05, 4.69) is 32.8 Å². The zero-order valence-corrected chi connectivity index (χ0v) is 23.8. The number of fused-ring (bicyclic) bond motifs is 1. The van der Waals surface area contributed by atoms with Crippen LogP contribution in [0.5, 0.6) is 11.6 Å². The Morgan fingerprint density at radius 1 is 1.00 bits per heavy atom. The fourth-order valence-electron chi connectivity index (χ4n) is 6.15. The first-order chi connectivity index (χ1) is 20.0. The SMILES string of the molecule is Cc1ccc2c(NC(=O)C[C@H]3CCCC3C)cccc2c1Oc1ncccc1-c1ccnc(N[C@H]2CCCNC2)n1. The summed E-state index contributed by atoms with van der Waals surface area (Å²) in [6.07, 6.45) is 9.84. The first-order valence-corrected chi connectivity index (χ1v) is 14.8. The Kier molecular flexibility index (Phi) is 8.09. The fourth-order valence-corrected chi connectivity index (χ4v) is 6.15. The molecule has 1 saturated carbocycles. The van der Waals surface area contributed by atoms with Gasteiger partial charge in [-0.3, -0.25) is 4.79 Å². The fraction of sp³-hybridized carbons (Fsp3) is 0.394. The lowest BCUT2D eigenvalue weighted by Crippen LogP contribution is -2.38. The van der Waals surface area contributed by atoms with Crippen molar-refractivity contribution in [1.82, 2.24) is 20.3 Å². The van der Waals surface area contributed by atoms with E-state index in [-0.39, 0.29) is 5.91 Å². The third-order valence-electron chi connectivity index (χ3n) is 8.50. The zero-order valence-electron chi connectivity index (χ0n) is 23.8. The van der Waals surface area contributed by atoms with E-state index in [1.165, 1.54) is 12.8 Å². The number of benzene rings is 2. The molecule has 3 N–H and O–H groups in total. The number of carbonyl (C=O) groups is 1. The third-order valence-corrected chi connectivity index (χ3v) is 8.50. The van der Waals surface area contributed by atoms with Gasteiger partial charge in [-0.15, -0.1) is 0 Å². The first kappa shape index (κ1) is 27.1. The summed E-state index contributed by atoms with van der Waals surface area (Å²) in [4.78, 5) is 26.8. The Balaban J connectivity index is 1.27. The minimum absolute atomic E-state index is 0.0727. The van der Waals surface area contributed by atoms with Crippen LogP contribution in [-0.2, 0) is 4.79 Å². The van der Waals surface area contributed by atoms with Crippen molar-refractivity contribution < 1.29 is 9.53 Å². The molecule has 8 heteroatoms. The summed E-state index contributed by atoms with van der Waals surface area (Å²) in [5.74, 6) is 2.92. The number of nitrogens with one attached hydrogen (secondary N) is 3. The number of piperidine rings is 1. The highest BCUT2D eigenvalue weighted by Crippen LogP contribution is 2.39. The number of nitrogens with zero attached hydrogens (tertiary/aromatic N) is 3. The molecule has 2 aromatic carbocycles. The number of aryl methyl sites for hydroxylation is 1. The van der Waals surface area contributed by atoms with Crippen molar-refractivity contribution in [2.75, 3.05) is 23.7 Å². The number of ether oxygens (including phenoxy) is 1. The van der Waals surface area contributed by atoms with Gasteiger partial charge in [0, 0.05) is 47.9 Å². The molecule has 0 radical (unpaired) electrons. The second-order valence-electron chi connectivity index (χ2n) is 11.4. The predicted molar refractivity (Wildman–Crippen MR) is 163 cm³/mol. The molecule has 2 aromatic heterocycles. The predicted octanol–water partition coefficient (Wildman–Crippen LogP) is 6.72. The van der Waals surface area contributed by atoms with E-state index in [0.29, 0.717) is 41.9 Å². The average Bonchev–Trinajstić information content (AvgIpc) is 3.39. The van der Waals surface area contributed by atoms with Gasteiger partial charge in [0.2, 0.25) is 17.7 Å². The number of carbonyl (C=O) groups excluding carboxylic acids is 1. The molecule has 1 aliphatic heterocycles. The Hall–Kier alpha value is -4.04. The van der Waals surface area contributed by atoms with Gasteiger partial charge in [0.1, 0.15) is 5.75 Å². The number of aromatic nitrogens is 3. The van der Waals surface area contributed by atoms with E-state index >= 15 is 0 Å². The molecule has 3 atom stereocenters. The maximum absolute atomic E-state index is 13.0. The normalized spacial score (nSPS) is 20.6. The van der Waals surface area contributed by atoms with E-state index in [1.807, 2.05) is 55.5 Å². The number of hydrogen-bond acceptors (Lipinski definition) is 7. The highest BCUT2D eigenvalue weighted by molar-refractivity contribution is 6.04. The van der Waals surface area contributed by atoms with E-state index < -0.39 is 0 Å². The minimum Gasteiger partial charge on any atom is -0.437 e. The number of pyridine rings is 1. The van der Waals surface area contributed by atoms with Crippen molar-refractivity contribution in [3.63, 3.8) is 0 Å². The topological polar surface area (TPSA) is 101 Å². The number of amides is 1. The van der Waals surface area contributed by atoms with Gasteiger partial charge in [0.15, 0.2) is 0 Å². The molecule has 1 saturated heterocycles. The van der Waals surface area contributed by atoms with Gasteiger partial charge in [0.05, 0.1) is 11.3 Å². The van der Waals surface area contributed by atoms with Crippen LogP contribution >= 0.6 is 0 Å². The number of hydrogen-bond donors (Lipinski definition) is 3. The molecule has 0 bridgehead atoms. The lowest BCUT2D eigenvalue weighted by atomic mass is 9.94. The summed E-state index contributed by atoms with van der Waals surface area (Å²) in [5.41, 5.74) is 3.30. The molecule has 1 unspecified atom stereocenters. The number of rotatable bonds is 8. The lowest BCUT2D eigenvalue weighted by Gasteiger charge is -2.23. The van der Waals surface area contributed by atoms with Crippen LogP contribution in [0.3, 0.4) is 0 Å². The van der Waals surface area contributed by atoms with Crippen LogP contribution in [0, 0.1) is 18.8 Å². The van der Waals surface area contributed by atoms with Crippen LogP contribution < -0.4 is 20.7 Å². The zero-order chi connectivity index (χ0) is 28.2. The molecular weight excluding hydrogens is 512 g/mol. The molecule has 0 spiro atoms. The van der Waals surface area contributed by atoms with Crippen LogP contribution in [0.25, 0.3) is 22.0 Å². The van der Waals surface area contributed by atoms with Gasteiger partial charge in [-0.1, -0.05) is 44.0 Å². The maximum Gasteiger partial charge on any atom is 0.228 e. The smallest absolute Gasteiger partial charge is 0.228 e. The van der Waals surface area contributed by atoms with Crippen molar-refractivity contribution in [3.05, 3.63) is 66.5 Å². The van der Waals surface area contributed by atoms with Crippen LogP contribution in [0.4, 0.5) is 11.6 Å². The molecular formula is C33H38N6O2. The van der Waals surface area contributed by atoms with Gasteiger partial charge < -0.3 is 20.7 Å². The van der Waals surface area contributed by atoms with Gasteiger partial charge in [0.25, 0.3) is 0 Å². The van der Waals surface area contributed by atoms with Crippen molar-refractivity contribution in [1.29, 1.82) is 0 Å². The Bertz CT molecular complexity index is 1530. The monoisotopic (exact) mass is 550 g/mol. The van der Waals surface area contributed by atoms with Crippen molar-refractivity contribution >= 4 is 28.3 Å². The first-order valence-electron chi connectivity index (χ1n) is 14.8. The molecule has 2 aliphatic rings. The Labute approximate surface area is 241 Å². The molecule has 1 aliphatic carbocycles. The molecule has 1 amide bonds. The minimum atomic E-state index is 0.0727. The van der Waals surface area contributed by atoms with Gasteiger partial charge in [-0.25, -0.2) is 15.0 Å². The Morgan fingerprint density at radius 3 is 2.76 bits per heavy atom. The molecule has 8 nitrogen and oxygen atoms in total. The molecule has 3 heterocycles. The number of anilines is 2. The van der Waals surface area contributed by atoms with Crippen LogP contribution in [0.15, 0.2) is 60.9 Å². The molecule has 4 aromatic rings. The van der Waals surface area contributed by atoms with Gasteiger partial charge in [-0.2, -0.15) is 0 Å². The van der Waals surface area contributed by atoms with Gasteiger partial charge in [-0.05, 0) is 74.4 Å². The molecule has 2 fully saturated rings. The second kappa shape index (κ2) is 12.2. The molecule has 212 valence electrons. The van der Waals surface area contributed by atoms with Crippen molar-refractivity contribution in [2.45, 2.75) is 58.4 Å². The highest BCUT2D eigenvalue weighted by Gasteiger charge is 2.26. The van der Waals surface area contributed by atoms with E-state index in [0.717, 1.165) is 65.6 Å². The van der Waals surface area contributed by atoms with E-state index in [4.69, 9.17) is 9.72 Å². The van der Waals surface area contributed by atoms with Crippen molar-refractivity contribution in [2.24, 2.45) is 11.8 Å². The van der Waals surface area contributed by atoms with Crippen LogP contribution in [-0.4, -0.2) is 40.0 Å². The molecule has 6 rings (SSSR count). The van der Waals surface area contributed by atoms with Crippen LogP contribution in [0.2, 0.25) is 0 Å². The summed E-state index contributed by atoms with van der Waals surface area (Å²) in [7, 11) is 0. The lowest BCUT2D eigenvalue weighted by molar-refractivity contribution is -0.117. The summed E-state index contributed by atoms with van der Waals surface area (Å²) in [6, 6.07) is 16.1. The third kappa shape index (κ3) is 6.17. The summed E-state index contributed by atoms with van der Waals surface area (Å²) >= 11 is 0. The van der Waals surface area contributed by atoms with Crippen LogP contribution in [0.1, 0.15) is 51.0 Å². The largest absolute Gasteiger partial charge is 0.437 e. The summed E-state index contributed by atoms with van der Waals surface area (Å²) < 4.78 is 6.56. The standard InChI is InChI=1S/C33H38N6O2/c1-21-7-3-8-23(21)19-30(40)38-28-12-4-10-26-25(28)14-13-22(2)31(26)41-32-27(11-6-17-35-32)29-15-18-36-33(39-29)37-24-9-5-16-34-20-24/h4,6,10-15,17-18,21,23-24,34H,3,5,7-9,16,19-20H2,1-2H3,(H,38,40)(H,36,37,39)/t21?,23-,24+/m1/s1. The molecule has 41 heavy (non-hydrogen) atoms. The average molecular weight is 551 g/mol. The maximum atomic E-state index is 13.0. The van der Waals surface area contributed by atoms with Crippen molar-refractivity contribution in [3.8, 4) is 22.9 Å².